The standard InChI is InChI=1S/C26H26N4O5/c1-2-35-26(34)29-13-10-16(11-14-29)30-22(20-9-5-6-12-27-20)21(24(32)25(30)33)23(31)18-15-28-19-8-4-3-7-17(18)19/h3-9,12,15-16,22,28,31H,2,10-11,13-14H2,1H3/b23-21-. The number of carbonyl (C=O) groups is 3. The van der Waals surface area contributed by atoms with Gasteiger partial charge >= 0.3 is 6.09 Å². The first-order valence-electron chi connectivity index (χ1n) is 11.7. The number of aromatic nitrogens is 2. The molecule has 2 N–H and O–H groups in total. The predicted molar refractivity (Wildman–Crippen MR) is 128 cm³/mol. The van der Waals surface area contributed by atoms with Gasteiger partial charge in [-0.3, -0.25) is 14.6 Å². The van der Waals surface area contributed by atoms with E-state index in [9.17, 15) is 19.5 Å². The van der Waals surface area contributed by atoms with Gasteiger partial charge in [-0.1, -0.05) is 24.3 Å². The van der Waals surface area contributed by atoms with Crippen LogP contribution in [0.2, 0.25) is 0 Å². The number of hydrogen-bond donors (Lipinski definition) is 2. The summed E-state index contributed by atoms with van der Waals surface area (Å²) in [5.74, 6) is -1.64. The zero-order chi connectivity index (χ0) is 24.5. The largest absolute Gasteiger partial charge is 0.507 e. The van der Waals surface area contributed by atoms with E-state index in [4.69, 9.17) is 4.74 Å². The smallest absolute Gasteiger partial charge is 0.409 e. The molecule has 0 bridgehead atoms. The van der Waals surface area contributed by atoms with E-state index in [0.717, 1.165) is 10.9 Å². The normalized spacial score (nSPS) is 20.5. The van der Waals surface area contributed by atoms with Gasteiger partial charge in [-0.25, -0.2) is 4.79 Å². The molecule has 4 heterocycles. The quantitative estimate of drug-likeness (QED) is 0.339. The Kier molecular flexibility index (Phi) is 5.98. The summed E-state index contributed by atoms with van der Waals surface area (Å²) in [4.78, 5) is 49.5. The van der Waals surface area contributed by atoms with Gasteiger partial charge in [0.15, 0.2) is 0 Å². The van der Waals surface area contributed by atoms with Crippen LogP contribution < -0.4 is 0 Å². The fourth-order valence-electron chi connectivity index (χ4n) is 5.01. The van der Waals surface area contributed by atoms with E-state index in [-0.39, 0.29) is 23.5 Å². The number of pyridine rings is 1. The highest BCUT2D eigenvalue weighted by molar-refractivity contribution is 6.46. The Morgan fingerprint density at radius 1 is 1.14 bits per heavy atom. The monoisotopic (exact) mass is 474 g/mol. The van der Waals surface area contributed by atoms with E-state index in [1.54, 1.807) is 42.4 Å². The molecule has 1 aromatic carbocycles. The Morgan fingerprint density at radius 3 is 2.60 bits per heavy atom. The Labute approximate surface area is 202 Å². The zero-order valence-corrected chi connectivity index (χ0v) is 19.3. The second-order valence-electron chi connectivity index (χ2n) is 8.63. The Bertz CT molecular complexity index is 1310. The Morgan fingerprint density at radius 2 is 1.89 bits per heavy atom. The number of ketones is 1. The maximum atomic E-state index is 13.3. The van der Waals surface area contributed by atoms with Gasteiger partial charge in [-0.05, 0) is 38.0 Å². The molecule has 2 aromatic heterocycles. The van der Waals surface area contributed by atoms with E-state index < -0.39 is 17.7 Å². The van der Waals surface area contributed by atoms with Crippen molar-refractivity contribution in [3.8, 4) is 0 Å². The van der Waals surface area contributed by atoms with Crippen molar-refractivity contribution in [3.63, 3.8) is 0 Å². The molecule has 180 valence electrons. The second kappa shape index (κ2) is 9.25. The number of carbonyl (C=O) groups excluding carboxylic acids is 3. The van der Waals surface area contributed by atoms with Gasteiger partial charge < -0.3 is 24.6 Å². The number of nitrogens with one attached hydrogen (secondary N) is 1. The molecule has 2 amide bonds. The van der Waals surface area contributed by atoms with Gasteiger partial charge in [-0.15, -0.1) is 0 Å². The van der Waals surface area contributed by atoms with Crippen LogP contribution in [0, 0.1) is 0 Å². The van der Waals surface area contributed by atoms with Crippen LogP contribution in [0.15, 0.2) is 60.4 Å². The zero-order valence-electron chi connectivity index (χ0n) is 19.3. The summed E-state index contributed by atoms with van der Waals surface area (Å²) >= 11 is 0. The van der Waals surface area contributed by atoms with Crippen molar-refractivity contribution in [2.24, 2.45) is 0 Å². The van der Waals surface area contributed by atoms with Crippen LogP contribution in [-0.4, -0.2) is 68.4 Å². The number of ether oxygens (including phenoxy) is 1. The maximum Gasteiger partial charge on any atom is 0.409 e. The number of H-pyrrole nitrogens is 1. The molecule has 0 saturated carbocycles. The van der Waals surface area contributed by atoms with Crippen LogP contribution in [0.3, 0.4) is 0 Å². The number of nitrogens with zero attached hydrogens (tertiary/aromatic N) is 3. The lowest BCUT2D eigenvalue weighted by Crippen LogP contribution is -2.48. The van der Waals surface area contributed by atoms with Crippen LogP contribution >= 0.6 is 0 Å². The summed E-state index contributed by atoms with van der Waals surface area (Å²) in [6.45, 7) is 2.86. The summed E-state index contributed by atoms with van der Waals surface area (Å²) < 4.78 is 5.09. The van der Waals surface area contributed by atoms with Crippen LogP contribution in [0.1, 0.15) is 37.1 Å². The fraction of sp³-hybridized carbons (Fsp3) is 0.308. The minimum Gasteiger partial charge on any atom is -0.507 e. The highest BCUT2D eigenvalue weighted by Crippen LogP contribution is 2.42. The molecule has 5 rings (SSSR count). The predicted octanol–water partition coefficient (Wildman–Crippen LogP) is 3.61. The van der Waals surface area contributed by atoms with Gasteiger partial charge in [0, 0.05) is 48.0 Å². The van der Waals surface area contributed by atoms with Crippen LogP contribution in [0.4, 0.5) is 4.79 Å². The van der Waals surface area contributed by atoms with E-state index in [2.05, 4.69) is 9.97 Å². The number of amides is 2. The van der Waals surface area contributed by atoms with E-state index in [0.29, 0.717) is 43.8 Å². The van der Waals surface area contributed by atoms with E-state index >= 15 is 0 Å². The van der Waals surface area contributed by atoms with Crippen molar-refractivity contribution in [2.45, 2.75) is 31.8 Å². The highest BCUT2D eigenvalue weighted by Gasteiger charge is 2.50. The van der Waals surface area contributed by atoms with Crippen molar-refractivity contribution in [2.75, 3.05) is 19.7 Å². The number of aliphatic hydroxyl groups is 1. The number of fused-ring (bicyclic) bond motifs is 1. The summed E-state index contributed by atoms with van der Waals surface area (Å²) in [5, 5.41) is 12.1. The lowest BCUT2D eigenvalue weighted by molar-refractivity contribution is -0.142. The summed E-state index contributed by atoms with van der Waals surface area (Å²) in [5.41, 5.74) is 1.79. The summed E-state index contributed by atoms with van der Waals surface area (Å²) in [6.07, 6.45) is 3.84. The van der Waals surface area contributed by atoms with Crippen molar-refractivity contribution < 1.29 is 24.2 Å². The summed E-state index contributed by atoms with van der Waals surface area (Å²) in [7, 11) is 0. The summed E-state index contributed by atoms with van der Waals surface area (Å²) in [6, 6.07) is 11.6. The number of Topliss-reactive ketones (excluding diaryl/α,β-unsaturated/α-hetero) is 1. The lowest BCUT2D eigenvalue weighted by atomic mass is 9.96. The van der Waals surface area contributed by atoms with Crippen molar-refractivity contribution in [3.05, 3.63) is 71.7 Å². The molecule has 0 spiro atoms. The highest BCUT2D eigenvalue weighted by atomic mass is 16.6. The molecule has 2 aliphatic heterocycles. The number of aromatic amines is 1. The first kappa shape index (κ1) is 22.6. The molecular formula is C26H26N4O5. The third kappa shape index (κ3) is 3.92. The van der Waals surface area contributed by atoms with Crippen molar-refractivity contribution >= 4 is 34.4 Å². The molecule has 0 radical (unpaired) electrons. The number of likely N-dealkylation sites (tertiary alicyclic amines) is 2. The van der Waals surface area contributed by atoms with Crippen molar-refractivity contribution in [1.29, 1.82) is 0 Å². The van der Waals surface area contributed by atoms with Gasteiger partial charge in [0.2, 0.25) is 0 Å². The maximum absolute atomic E-state index is 13.3. The van der Waals surface area contributed by atoms with Crippen LogP contribution in [0.25, 0.3) is 16.7 Å². The second-order valence-corrected chi connectivity index (χ2v) is 8.63. The molecule has 0 aliphatic carbocycles. The van der Waals surface area contributed by atoms with Crippen LogP contribution in [0.5, 0.6) is 0 Å². The molecule has 1 atom stereocenters. The molecular weight excluding hydrogens is 448 g/mol. The SMILES string of the molecule is CCOC(=O)N1CCC(N2C(=O)C(=O)/C(=C(\O)c3c[nH]c4ccccc34)C2c2ccccn2)CC1. The fourth-order valence-corrected chi connectivity index (χ4v) is 5.01. The minimum atomic E-state index is -0.830. The topological polar surface area (TPSA) is 116 Å². The Hall–Kier alpha value is -4.14. The number of aliphatic hydroxyl groups excluding tert-OH is 1. The van der Waals surface area contributed by atoms with E-state index in [1.807, 2.05) is 24.3 Å². The number of benzene rings is 1. The van der Waals surface area contributed by atoms with Gasteiger partial charge in [-0.2, -0.15) is 0 Å². The number of piperidine rings is 1. The van der Waals surface area contributed by atoms with Crippen molar-refractivity contribution in [1.82, 2.24) is 19.8 Å². The van der Waals surface area contributed by atoms with Gasteiger partial charge in [0.05, 0.1) is 17.9 Å². The van der Waals surface area contributed by atoms with E-state index in [1.165, 1.54) is 4.90 Å². The third-order valence-electron chi connectivity index (χ3n) is 6.68. The first-order chi connectivity index (χ1) is 17.0. The van der Waals surface area contributed by atoms with Gasteiger partial charge in [0.1, 0.15) is 11.8 Å². The Balaban J connectivity index is 1.55. The molecule has 9 nitrogen and oxygen atoms in total. The lowest BCUT2D eigenvalue weighted by Gasteiger charge is -2.38. The molecule has 1 unspecified atom stereocenters. The van der Waals surface area contributed by atoms with Gasteiger partial charge in [0.25, 0.3) is 11.7 Å². The molecule has 3 aromatic rings. The molecule has 35 heavy (non-hydrogen) atoms. The number of para-hydroxylation sites is 1. The molecule has 2 saturated heterocycles. The number of hydrogen-bond acceptors (Lipinski definition) is 6. The molecule has 2 fully saturated rings. The van der Waals surface area contributed by atoms with Crippen LogP contribution in [-0.2, 0) is 14.3 Å². The average molecular weight is 475 g/mol. The first-order valence-corrected chi connectivity index (χ1v) is 11.7. The number of rotatable bonds is 4. The molecule has 2 aliphatic rings. The minimum absolute atomic E-state index is 0.0197. The third-order valence-corrected chi connectivity index (χ3v) is 6.68. The average Bonchev–Trinajstić information content (AvgIpc) is 3.43. The molecule has 9 heteroatoms.